The lowest BCUT2D eigenvalue weighted by atomic mass is 10.7. The highest BCUT2D eigenvalue weighted by Gasteiger charge is 2.02. The van der Waals surface area contributed by atoms with Crippen LogP contribution in [-0.2, 0) is 14.4 Å². The van der Waals surface area contributed by atoms with Gasteiger partial charge in [-0.05, 0) is 11.4 Å². The largest absolute Gasteiger partial charge is 0.382 e. The van der Waals surface area contributed by atoms with Crippen LogP contribution in [-0.4, -0.2) is 32.0 Å². The molecule has 0 aliphatic carbocycles. The molecule has 0 aromatic carbocycles. The molecule has 0 aliphatic heterocycles. The molecule has 1 rings (SSSR count). The summed E-state index contributed by atoms with van der Waals surface area (Å²) in [5.41, 5.74) is 2.34. The Labute approximate surface area is 96.9 Å². The van der Waals surface area contributed by atoms with Gasteiger partial charge in [0, 0.05) is 7.11 Å². The Morgan fingerprint density at radius 3 is 3.13 bits per heavy atom. The maximum atomic E-state index is 11.2. The average Bonchev–Trinajstić information content (AvgIpc) is 2.74. The first-order chi connectivity index (χ1) is 7.33. The molecule has 0 saturated carbocycles. The van der Waals surface area contributed by atoms with Gasteiger partial charge in [-0.25, -0.2) is 5.48 Å². The summed E-state index contributed by atoms with van der Waals surface area (Å²) >= 11 is 3.11. The minimum Gasteiger partial charge on any atom is -0.382 e. The molecule has 4 nitrogen and oxygen atoms in total. The number of carbonyl (C=O) groups excluding carboxylic acids is 1. The summed E-state index contributed by atoms with van der Waals surface area (Å²) in [4.78, 5) is 16.1. The lowest BCUT2D eigenvalue weighted by molar-refractivity contribution is -0.131. The van der Waals surface area contributed by atoms with Crippen molar-refractivity contribution in [3.63, 3.8) is 0 Å². The first-order valence-electron chi connectivity index (χ1n) is 4.39. The van der Waals surface area contributed by atoms with Gasteiger partial charge in [-0.3, -0.25) is 9.63 Å². The minimum atomic E-state index is -0.135. The summed E-state index contributed by atoms with van der Waals surface area (Å²) in [5.74, 6) is 0.234. The van der Waals surface area contributed by atoms with Crippen LogP contribution in [0, 0.1) is 0 Å². The fourth-order valence-corrected chi connectivity index (χ4v) is 2.34. The zero-order valence-electron chi connectivity index (χ0n) is 8.39. The van der Waals surface area contributed by atoms with Crippen molar-refractivity contribution in [1.82, 2.24) is 5.48 Å². The van der Waals surface area contributed by atoms with E-state index in [1.165, 1.54) is 11.8 Å². The molecule has 0 radical (unpaired) electrons. The van der Waals surface area contributed by atoms with Crippen LogP contribution in [0.4, 0.5) is 0 Å². The van der Waals surface area contributed by atoms with E-state index in [-0.39, 0.29) is 5.91 Å². The van der Waals surface area contributed by atoms with E-state index in [4.69, 9.17) is 9.57 Å². The molecule has 1 aromatic heterocycles. The molecule has 1 N–H and O–H groups in total. The number of ether oxygens (including phenoxy) is 1. The van der Waals surface area contributed by atoms with Crippen LogP contribution >= 0.6 is 23.1 Å². The molecule has 0 saturated heterocycles. The van der Waals surface area contributed by atoms with E-state index in [0.29, 0.717) is 19.0 Å². The Bertz CT molecular complexity index is 277. The number of thiophene rings is 1. The molecular weight excluding hydrogens is 234 g/mol. The Balaban J connectivity index is 2.04. The van der Waals surface area contributed by atoms with Gasteiger partial charge in [-0.15, -0.1) is 23.1 Å². The van der Waals surface area contributed by atoms with Crippen molar-refractivity contribution in [2.24, 2.45) is 0 Å². The first kappa shape index (κ1) is 12.5. The fraction of sp³-hybridized carbons (Fsp3) is 0.444. The van der Waals surface area contributed by atoms with Gasteiger partial charge in [0.05, 0.1) is 23.2 Å². The molecule has 0 bridgehead atoms. The molecule has 0 spiro atoms. The number of rotatable bonds is 7. The number of methoxy groups -OCH3 is 1. The number of hydrogen-bond acceptors (Lipinski definition) is 5. The van der Waals surface area contributed by atoms with Crippen LogP contribution in [0.1, 0.15) is 0 Å². The van der Waals surface area contributed by atoms with Gasteiger partial charge >= 0.3 is 0 Å². The highest BCUT2D eigenvalue weighted by molar-refractivity contribution is 8.01. The second-order valence-corrected chi connectivity index (χ2v) is 4.81. The van der Waals surface area contributed by atoms with Crippen LogP contribution in [0.3, 0.4) is 0 Å². The number of thioether (sulfide) groups is 1. The van der Waals surface area contributed by atoms with Crippen molar-refractivity contribution in [2.45, 2.75) is 4.21 Å². The molecular formula is C9H13NO3S2. The number of hydrogen-bond donors (Lipinski definition) is 1. The zero-order valence-corrected chi connectivity index (χ0v) is 10.0. The summed E-state index contributed by atoms with van der Waals surface area (Å²) in [5, 5.41) is 1.98. The van der Waals surface area contributed by atoms with Crippen molar-refractivity contribution < 1.29 is 14.4 Å². The van der Waals surface area contributed by atoms with Gasteiger partial charge in [-0.1, -0.05) is 6.07 Å². The van der Waals surface area contributed by atoms with Crippen molar-refractivity contribution in [2.75, 3.05) is 26.1 Å². The van der Waals surface area contributed by atoms with Gasteiger partial charge in [0.2, 0.25) is 0 Å². The van der Waals surface area contributed by atoms with E-state index in [1.54, 1.807) is 18.4 Å². The van der Waals surface area contributed by atoms with Crippen molar-refractivity contribution >= 4 is 29.0 Å². The molecule has 84 valence electrons. The third kappa shape index (κ3) is 5.78. The molecule has 0 unspecified atom stereocenters. The van der Waals surface area contributed by atoms with E-state index in [1.807, 2.05) is 17.5 Å². The van der Waals surface area contributed by atoms with E-state index in [2.05, 4.69) is 5.48 Å². The second kappa shape index (κ2) is 7.70. The van der Waals surface area contributed by atoms with Crippen molar-refractivity contribution in [1.29, 1.82) is 0 Å². The Hall–Kier alpha value is -0.560. The highest BCUT2D eigenvalue weighted by atomic mass is 32.2. The Kier molecular flexibility index (Phi) is 6.42. The molecule has 0 atom stereocenters. The zero-order chi connectivity index (χ0) is 10.9. The Morgan fingerprint density at radius 1 is 1.60 bits per heavy atom. The fourth-order valence-electron chi connectivity index (χ4n) is 0.768. The van der Waals surface area contributed by atoms with Gasteiger partial charge in [0.1, 0.15) is 0 Å². The summed E-state index contributed by atoms with van der Waals surface area (Å²) in [6, 6.07) is 3.94. The van der Waals surface area contributed by atoms with Gasteiger partial charge in [0.25, 0.3) is 5.91 Å². The molecule has 0 aliphatic rings. The number of nitrogens with one attached hydrogen (secondary N) is 1. The molecule has 1 heterocycles. The van der Waals surface area contributed by atoms with Crippen molar-refractivity contribution in [3.8, 4) is 0 Å². The van der Waals surface area contributed by atoms with Crippen LogP contribution < -0.4 is 5.48 Å². The standard InChI is InChI=1S/C9H13NO3S2/c1-12-4-5-13-10-8(11)7-15-9-3-2-6-14-9/h2-3,6H,4-5,7H2,1H3,(H,10,11). The number of hydroxylamine groups is 1. The molecule has 0 fully saturated rings. The van der Waals surface area contributed by atoms with Crippen LogP contribution in [0.5, 0.6) is 0 Å². The lowest BCUT2D eigenvalue weighted by Crippen LogP contribution is -2.26. The van der Waals surface area contributed by atoms with Crippen LogP contribution in [0.15, 0.2) is 21.7 Å². The minimum absolute atomic E-state index is 0.135. The Morgan fingerprint density at radius 2 is 2.47 bits per heavy atom. The SMILES string of the molecule is COCCONC(=O)CSc1cccs1. The quantitative estimate of drug-likeness (QED) is 0.451. The smallest absolute Gasteiger partial charge is 0.253 e. The van der Waals surface area contributed by atoms with Gasteiger partial charge in [0.15, 0.2) is 0 Å². The normalized spacial score (nSPS) is 10.2. The number of carbonyl (C=O) groups is 1. The maximum Gasteiger partial charge on any atom is 0.253 e. The highest BCUT2D eigenvalue weighted by Crippen LogP contribution is 2.22. The lowest BCUT2D eigenvalue weighted by Gasteiger charge is -2.04. The summed E-state index contributed by atoms with van der Waals surface area (Å²) in [6.07, 6.45) is 0. The predicted octanol–water partition coefficient (Wildman–Crippen LogP) is 1.53. The topological polar surface area (TPSA) is 47.6 Å². The predicted molar refractivity (Wildman–Crippen MR) is 61.0 cm³/mol. The second-order valence-electron chi connectivity index (χ2n) is 2.59. The van der Waals surface area contributed by atoms with E-state index in [0.717, 1.165) is 4.21 Å². The third-order valence-electron chi connectivity index (χ3n) is 1.42. The van der Waals surface area contributed by atoms with E-state index < -0.39 is 0 Å². The third-order valence-corrected chi connectivity index (χ3v) is 3.55. The van der Waals surface area contributed by atoms with Crippen LogP contribution in [0.25, 0.3) is 0 Å². The van der Waals surface area contributed by atoms with Crippen LogP contribution in [0.2, 0.25) is 0 Å². The molecule has 15 heavy (non-hydrogen) atoms. The molecule has 1 amide bonds. The molecule has 1 aromatic rings. The first-order valence-corrected chi connectivity index (χ1v) is 6.25. The van der Waals surface area contributed by atoms with Gasteiger partial charge in [-0.2, -0.15) is 0 Å². The number of amides is 1. The van der Waals surface area contributed by atoms with E-state index >= 15 is 0 Å². The van der Waals surface area contributed by atoms with E-state index in [9.17, 15) is 4.79 Å². The maximum absolute atomic E-state index is 11.2. The summed E-state index contributed by atoms with van der Waals surface area (Å²) in [7, 11) is 1.58. The monoisotopic (exact) mass is 247 g/mol. The van der Waals surface area contributed by atoms with Crippen molar-refractivity contribution in [3.05, 3.63) is 17.5 Å². The molecule has 6 heteroatoms. The average molecular weight is 247 g/mol. The summed E-state index contributed by atoms with van der Waals surface area (Å²) in [6.45, 7) is 0.838. The van der Waals surface area contributed by atoms with Gasteiger partial charge < -0.3 is 4.74 Å². The summed E-state index contributed by atoms with van der Waals surface area (Å²) < 4.78 is 5.89.